The van der Waals surface area contributed by atoms with E-state index in [2.05, 4.69) is 9.73 Å². The van der Waals surface area contributed by atoms with Gasteiger partial charge in [0.05, 0.1) is 29.8 Å². The minimum absolute atomic E-state index is 0.110. The molecule has 1 aliphatic rings. The molecule has 1 aliphatic heterocycles. The second-order valence-corrected chi connectivity index (χ2v) is 6.91. The van der Waals surface area contributed by atoms with Gasteiger partial charge in [-0.15, -0.1) is 0 Å². The van der Waals surface area contributed by atoms with E-state index in [1.807, 2.05) is 0 Å². The van der Waals surface area contributed by atoms with Crippen molar-refractivity contribution in [3.63, 3.8) is 0 Å². The van der Waals surface area contributed by atoms with E-state index in [1.54, 1.807) is 12.1 Å². The third-order valence-electron chi connectivity index (χ3n) is 3.93. The molecule has 1 fully saturated rings. The molecule has 148 valence electrons. The summed E-state index contributed by atoms with van der Waals surface area (Å²) in [5.74, 6) is -2.56. The number of esters is 1. The predicted molar refractivity (Wildman–Crippen MR) is 105 cm³/mol. The zero-order valence-corrected chi connectivity index (χ0v) is 16.0. The first kappa shape index (κ1) is 20.3. The molecule has 1 amide bonds. The lowest BCUT2D eigenvalue weighted by atomic mass is 10.2. The highest BCUT2D eigenvalue weighted by Gasteiger charge is 2.34. The molecule has 1 N–H and O–H groups in total. The minimum atomic E-state index is -1.06. The minimum Gasteiger partial charge on any atom is -0.478 e. The number of thioether (sulfide) groups is 1. The molecule has 2 aromatic rings. The average Bonchev–Trinajstić information content (AvgIpc) is 2.98. The second-order valence-electron chi connectivity index (χ2n) is 5.90. The van der Waals surface area contributed by atoms with Gasteiger partial charge in [0.15, 0.2) is 5.17 Å². The van der Waals surface area contributed by atoms with Crippen LogP contribution in [0.2, 0.25) is 0 Å². The fraction of sp³-hybridized carbons (Fsp3) is 0.100. The number of benzene rings is 2. The van der Waals surface area contributed by atoms with Crippen molar-refractivity contribution in [3.05, 3.63) is 76.5 Å². The molecule has 0 spiro atoms. The van der Waals surface area contributed by atoms with Crippen LogP contribution in [0.3, 0.4) is 0 Å². The van der Waals surface area contributed by atoms with Crippen LogP contribution >= 0.6 is 11.8 Å². The number of aliphatic imine (C=N–C) groups is 1. The standard InChI is InChI=1S/C20H15FN2O5S/c1-28-17(24)10-16-18(25)23(11-12-2-6-14(21)7-3-12)20(29-16)22-15-8-4-13(5-9-15)19(26)27/h2-10H,11H2,1H3,(H,26,27)/b16-10+,22-20?. The number of carbonyl (C=O) groups is 3. The van der Waals surface area contributed by atoms with Gasteiger partial charge in [-0.3, -0.25) is 9.69 Å². The number of methoxy groups -OCH3 is 1. The largest absolute Gasteiger partial charge is 0.478 e. The maximum Gasteiger partial charge on any atom is 0.335 e. The van der Waals surface area contributed by atoms with Gasteiger partial charge in [-0.1, -0.05) is 12.1 Å². The van der Waals surface area contributed by atoms with E-state index in [-0.39, 0.29) is 17.0 Å². The molecule has 0 atom stereocenters. The SMILES string of the molecule is COC(=O)/C=C1/SC(=Nc2ccc(C(=O)O)cc2)N(Cc2ccc(F)cc2)C1=O. The Kier molecular flexibility index (Phi) is 6.08. The third kappa shape index (κ3) is 4.88. The highest BCUT2D eigenvalue weighted by Crippen LogP contribution is 2.34. The molecule has 0 aromatic heterocycles. The van der Waals surface area contributed by atoms with Crippen LogP contribution in [0.25, 0.3) is 0 Å². The number of halogens is 1. The lowest BCUT2D eigenvalue weighted by Gasteiger charge is -2.15. The topological polar surface area (TPSA) is 96.3 Å². The fourth-order valence-electron chi connectivity index (χ4n) is 2.46. The van der Waals surface area contributed by atoms with Gasteiger partial charge < -0.3 is 9.84 Å². The number of amides is 1. The fourth-order valence-corrected chi connectivity index (χ4v) is 3.42. The molecule has 29 heavy (non-hydrogen) atoms. The highest BCUT2D eigenvalue weighted by atomic mass is 32.2. The molecule has 3 rings (SSSR count). The summed E-state index contributed by atoms with van der Waals surface area (Å²) in [4.78, 5) is 41.2. The van der Waals surface area contributed by atoms with Crippen molar-refractivity contribution in [2.75, 3.05) is 7.11 Å². The Morgan fingerprint density at radius 1 is 1.17 bits per heavy atom. The van der Waals surface area contributed by atoms with Crippen LogP contribution in [0.1, 0.15) is 15.9 Å². The van der Waals surface area contributed by atoms with Gasteiger partial charge in [0.2, 0.25) is 0 Å². The summed E-state index contributed by atoms with van der Waals surface area (Å²) in [6.45, 7) is 0.122. The van der Waals surface area contributed by atoms with Crippen LogP contribution in [-0.4, -0.2) is 40.1 Å². The molecule has 1 saturated heterocycles. The van der Waals surface area contributed by atoms with Crippen molar-refractivity contribution in [1.29, 1.82) is 0 Å². The number of aromatic carboxylic acids is 1. The van der Waals surface area contributed by atoms with Crippen molar-refractivity contribution < 1.29 is 28.6 Å². The molecule has 0 radical (unpaired) electrons. The van der Waals surface area contributed by atoms with Gasteiger partial charge in [-0.25, -0.2) is 19.0 Å². The molecule has 0 unspecified atom stereocenters. The number of nitrogens with zero attached hydrogens (tertiary/aromatic N) is 2. The zero-order chi connectivity index (χ0) is 21.0. The van der Waals surface area contributed by atoms with E-state index in [0.29, 0.717) is 16.4 Å². The molecule has 9 heteroatoms. The van der Waals surface area contributed by atoms with Gasteiger partial charge >= 0.3 is 11.9 Å². The van der Waals surface area contributed by atoms with Crippen LogP contribution < -0.4 is 0 Å². The van der Waals surface area contributed by atoms with E-state index in [0.717, 1.165) is 17.8 Å². The second kappa shape index (κ2) is 8.70. The Morgan fingerprint density at radius 3 is 2.41 bits per heavy atom. The molecule has 7 nitrogen and oxygen atoms in total. The number of carboxylic acid groups (broad SMARTS) is 1. The van der Waals surface area contributed by atoms with E-state index < -0.39 is 23.7 Å². The zero-order valence-electron chi connectivity index (χ0n) is 15.2. The summed E-state index contributed by atoms with van der Waals surface area (Å²) in [6, 6.07) is 11.5. The van der Waals surface area contributed by atoms with E-state index in [4.69, 9.17) is 5.11 Å². The summed E-state index contributed by atoms with van der Waals surface area (Å²) in [5.41, 5.74) is 1.22. The first-order valence-electron chi connectivity index (χ1n) is 8.33. The van der Waals surface area contributed by atoms with Gasteiger partial charge in [0.1, 0.15) is 5.82 Å². The molecule has 0 bridgehead atoms. The van der Waals surface area contributed by atoms with Gasteiger partial charge in [0.25, 0.3) is 5.91 Å². The van der Waals surface area contributed by atoms with Gasteiger partial charge in [-0.05, 0) is 53.7 Å². The average molecular weight is 414 g/mol. The van der Waals surface area contributed by atoms with Crippen LogP contribution in [0.15, 0.2) is 64.5 Å². The molecule has 0 aliphatic carbocycles. The van der Waals surface area contributed by atoms with E-state index in [9.17, 15) is 18.8 Å². The van der Waals surface area contributed by atoms with Crippen LogP contribution in [0, 0.1) is 5.82 Å². The third-order valence-corrected chi connectivity index (χ3v) is 4.94. The first-order chi connectivity index (χ1) is 13.9. The van der Waals surface area contributed by atoms with Crippen molar-refractivity contribution in [2.24, 2.45) is 4.99 Å². The quantitative estimate of drug-likeness (QED) is 0.595. The van der Waals surface area contributed by atoms with E-state index >= 15 is 0 Å². The van der Waals surface area contributed by atoms with Crippen molar-refractivity contribution in [2.45, 2.75) is 6.54 Å². The smallest absolute Gasteiger partial charge is 0.335 e. The van der Waals surface area contributed by atoms with Crippen molar-refractivity contribution in [1.82, 2.24) is 4.90 Å². The predicted octanol–water partition coefficient (Wildman–Crippen LogP) is 3.34. The molecule has 2 aromatic carbocycles. The lowest BCUT2D eigenvalue weighted by molar-refractivity contribution is -0.135. The summed E-state index contributed by atoms with van der Waals surface area (Å²) < 4.78 is 17.7. The normalized spacial score (nSPS) is 16.5. The van der Waals surface area contributed by atoms with Crippen molar-refractivity contribution in [3.8, 4) is 0 Å². The molecule has 1 heterocycles. The monoisotopic (exact) mass is 414 g/mol. The van der Waals surface area contributed by atoms with Gasteiger partial charge in [-0.2, -0.15) is 0 Å². The van der Waals surface area contributed by atoms with Crippen LogP contribution in [0.5, 0.6) is 0 Å². The number of rotatable bonds is 5. The number of carbonyl (C=O) groups excluding carboxylic acids is 2. The summed E-state index contributed by atoms with van der Waals surface area (Å²) in [5, 5.41) is 9.29. The maximum absolute atomic E-state index is 13.2. The van der Waals surface area contributed by atoms with Crippen molar-refractivity contribution >= 4 is 40.5 Å². The van der Waals surface area contributed by atoms with Gasteiger partial charge in [0, 0.05) is 6.08 Å². The summed E-state index contributed by atoms with van der Waals surface area (Å²) in [7, 11) is 1.21. The Morgan fingerprint density at radius 2 is 1.83 bits per heavy atom. The summed E-state index contributed by atoms with van der Waals surface area (Å²) >= 11 is 0.995. The molecular weight excluding hydrogens is 399 g/mol. The number of carboxylic acids is 1. The van der Waals surface area contributed by atoms with E-state index in [1.165, 1.54) is 48.4 Å². The number of ether oxygens (including phenoxy) is 1. The Labute approximate surface area is 169 Å². The van der Waals surface area contributed by atoms with Crippen LogP contribution in [0.4, 0.5) is 10.1 Å². The summed E-state index contributed by atoms with van der Waals surface area (Å²) in [6.07, 6.45) is 1.08. The Hall–Kier alpha value is -3.46. The maximum atomic E-state index is 13.2. The van der Waals surface area contributed by atoms with Crippen LogP contribution in [-0.2, 0) is 20.9 Å². The first-order valence-corrected chi connectivity index (χ1v) is 9.15. The lowest BCUT2D eigenvalue weighted by Crippen LogP contribution is -2.28. The molecule has 0 saturated carbocycles. The Balaban J connectivity index is 1.94. The Bertz CT molecular complexity index is 1020. The number of hydrogen-bond donors (Lipinski definition) is 1. The highest BCUT2D eigenvalue weighted by molar-refractivity contribution is 8.18. The number of hydrogen-bond acceptors (Lipinski definition) is 6. The number of amidine groups is 1. The molecular formula is C20H15FN2O5S.